The Kier molecular flexibility index (Phi) is 10.1. The normalized spacial score (nSPS) is 9.74. The van der Waals surface area contributed by atoms with E-state index in [1.807, 2.05) is 41.9 Å². The number of hydrogen-bond donors (Lipinski definition) is 0. The van der Waals surface area contributed by atoms with Crippen molar-refractivity contribution >= 4 is 34.0 Å². The highest BCUT2D eigenvalue weighted by molar-refractivity contribution is 14.1. The SMILES string of the molecule is COc1ccc([N+](=O)[O-])cc1-c1ccnn1C.COc1ccc([N+](=O)[O-])cc1I.Cn1cccn1. The van der Waals surface area contributed by atoms with Gasteiger partial charge in [-0.05, 0) is 46.9 Å². The monoisotopic (exact) mass is 594 g/mol. The van der Waals surface area contributed by atoms with E-state index in [9.17, 15) is 20.2 Å². The van der Waals surface area contributed by atoms with Crippen LogP contribution in [0.1, 0.15) is 0 Å². The Bertz CT molecular complexity index is 1280. The Labute approximate surface area is 214 Å². The molecule has 0 unspecified atom stereocenters. The molecule has 4 aromatic rings. The summed E-state index contributed by atoms with van der Waals surface area (Å²) in [7, 11) is 6.72. The van der Waals surface area contributed by atoms with E-state index in [0.29, 0.717) is 17.1 Å². The van der Waals surface area contributed by atoms with Gasteiger partial charge in [-0.3, -0.25) is 29.6 Å². The Morgan fingerprint density at radius 1 is 0.857 bits per heavy atom. The molecule has 13 heteroatoms. The molecule has 2 aromatic heterocycles. The Morgan fingerprint density at radius 2 is 1.46 bits per heavy atom. The minimum Gasteiger partial charge on any atom is -0.496 e. The number of benzene rings is 2. The molecule has 0 radical (unpaired) electrons. The molecule has 0 saturated heterocycles. The predicted molar refractivity (Wildman–Crippen MR) is 137 cm³/mol. The van der Waals surface area contributed by atoms with Gasteiger partial charge in [-0.2, -0.15) is 10.2 Å². The molecule has 35 heavy (non-hydrogen) atoms. The van der Waals surface area contributed by atoms with E-state index in [4.69, 9.17) is 9.47 Å². The summed E-state index contributed by atoms with van der Waals surface area (Å²) < 4.78 is 14.3. The summed E-state index contributed by atoms with van der Waals surface area (Å²) in [4.78, 5) is 20.2. The highest BCUT2D eigenvalue weighted by Gasteiger charge is 2.15. The van der Waals surface area contributed by atoms with Crippen LogP contribution in [0.3, 0.4) is 0 Å². The molecule has 2 aromatic carbocycles. The maximum atomic E-state index is 10.7. The van der Waals surface area contributed by atoms with Crippen molar-refractivity contribution in [1.29, 1.82) is 0 Å². The second-order valence-corrected chi connectivity index (χ2v) is 7.90. The van der Waals surface area contributed by atoms with Crippen LogP contribution in [0.4, 0.5) is 11.4 Å². The topological polar surface area (TPSA) is 140 Å². The standard InChI is InChI=1S/C11H11N3O3.C7H6INO3.C4H6N2/c1-13-10(5-6-12-13)9-7-8(14(15)16)3-4-11(9)17-2;1-12-7-3-2-5(9(10)11)4-6(7)8;1-6-4-2-3-5-6/h3-7H,1-2H3;2-4H,1H3;2-4H,1H3. The van der Waals surface area contributed by atoms with Gasteiger partial charge in [0.1, 0.15) is 11.5 Å². The van der Waals surface area contributed by atoms with Gasteiger partial charge >= 0.3 is 0 Å². The predicted octanol–water partition coefficient (Wildman–Crippen LogP) is 4.63. The van der Waals surface area contributed by atoms with Crippen molar-refractivity contribution in [2.24, 2.45) is 14.1 Å². The van der Waals surface area contributed by atoms with E-state index >= 15 is 0 Å². The lowest BCUT2D eigenvalue weighted by Crippen LogP contribution is -1.97. The van der Waals surface area contributed by atoms with Crippen molar-refractivity contribution in [3.05, 3.63) is 90.9 Å². The van der Waals surface area contributed by atoms with Crippen LogP contribution >= 0.6 is 22.6 Å². The molecule has 0 aliphatic carbocycles. The molecule has 12 nitrogen and oxygen atoms in total. The number of methoxy groups -OCH3 is 2. The average molecular weight is 594 g/mol. The third kappa shape index (κ3) is 7.77. The van der Waals surface area contributed by atoms with E-state index in [1.54, 1.807) is 47.0 Å². The van der Waals surface area contributed by atoms with Crippen LogP contribution in [0.2, 0.25) is 0 Å². The summed E-state index contributed by atoms with van der Waals surface area (Å²) in [5.41, 5.74) is 1.54. The van der Waals surface area contributed by atoms with E-state index in [1.165, 1.54) is 38.5 Å². The Hall–Kier alpha value is -4.01. The first-order valence-corrected chi connectivity index (χ1v) is 11.0. The van der Waals surface area contributed by atoms with Crippen LogP contribution in [-0.2, 0) is 14.1 Å². The lowest BCUT2D eigenvalue weighted by atomic mass is 10.1. The van der Waals surface area contributed by atoms with Gasteiger partial charge in [-0.1, -0.05) is 0 Å². The first-order valence-electron chi connectivity index (χ1n) is 9.90. The van der Waals surface area contributed by atoms with Crippen molar-refractivity contribution in [3.63, 3.8) is 0 Å². The fourth-order valence-electron chi connectivity index (χ4n) is 2.76. The maximum absolute atomic E-state index is 10.7. The summed E-state index contributed by atoms with van der Waals surface area (Å²) >= 11 is 1.99. The first kappa shape index (κ1) is 27.2. The fourth-order valence-corrected chi connectivity index (χ4v) is 3.48. The first-order chi connectivity index (χ1) is 16.7. The molecule has 0 spiro atoms. The molecular weight excluding hydrogens is 571 g/mol. The number of nitrogens with zero attached hydrogens (tertiary/aromatic N) is 6. The maximum Gasteiger partial charge on any atom is 0.270 e. The van der Waals surface area contributed by atoms with Gasteiger partial charge in [-0.15, -0.1) is 0 Å². The van der Waals surface area contributed by atoms with Crippen molar-refractivity contribution in [2.45, 2.75) is 0 Å². The van der Waals surface area contributed by atoms with Crippen molar-refractivity contribution in [3.8, 4) is 22.8 Å². The number of aryl methyl sites for hydroxylation is 2. The van der Waals surface area contributed by atoms with Gasteiger partial charge in [0, 0.05) is 62.5 Å². The van der Waals surface area contributed by atoms with E-state index in [2.05, 4.69) is 10.2 Å². The third-order valence-corrected chi connectivity index (χ3v) is 5.32. The third-order valence-electron chi connectivity index (χ3n) is 4.47. The largest absolute Gasteiger partial charge is 0.496 e. The number of hydrogen-bond acceptors (Lipinski definition) is 8. The fraction of sp³-hybridized carbons (Fsp3) is 0.182. The van der Waals surface area contributed by atoms with E-state index in [-0.39, 0.29) is 11.4 Å². The van der Waals surface area contributed by atoms with Crippen LogP contribution in [0.5, 0.6) is 11.5 Å². The lowest BCUT2D eigenvalue weighted by Gasteiger charge is -2.08. The Balaban J connectivity index is 0.000000207. The van der Waals surface area contributed by atoms with Gasteiger partial charge in [0.15, 0.2) is 0 Å². The second kappa shape index (κ2) is 13.0. The van der Waals surface area contributed by atoms with Gasteiger partial charge in [0.2, 0.25) is 0 Å². The quantitative estimate of drug-likeness (QED) is 0.185. The minimum absolute atomic E-state index is 0.0296. The molecule has 0 saturated carbocycles. The number of nitro benzene ring substituents is 2. The summed E-state index contributed by atoms with van der Waals surface area (Å²) in [6, 6.07) is 12.6. The molecule has 2 heterocycles. The Morgan fingerprint density at radius 3 is 1.86 bits per heavy atom. The molecular formula is C22H23IN6O6. The number of nitro groups is 2. The number of ether oxygens (including phenoxy) is 2. The summed E-state index contributed by atoms with van der Waals surface area (Å²) in [6.07, 6.45) is 5.27. The number of aromatic nitrogens is 4. The van der Waals surface area contributed by atoms with Gasteiger partial charge in [0.05, 0.1) is 33.3 Å². The van der Waals surface area contributed by atoms with Crippen molar-refractivity contribution in [2.75, 3.05) is 14.2 Å². The highest BCUT2D eigenvalue weighted by atomic mass is 127. The molecule has 0 bridgehead atoms. The van der Waals surface area contributed by atoms with Crippen LogP contribution < -0.4 is 9.47 Å². The minimum atomic E-state index is -0.431. The smallest absolute Gasteiger partial charge is 0.270 e. The molecule has 0 atom stereocenters. The zero-order valence-electron chi connectivity index (χ0n) is 19.4. The van der Waals surface area contributed by atoms with Crippen molar-refractivity contribution in [1.82, 2.24) is 19.6 Å². The number of rotatable bonds is 5. The second-order valence-electron chi connectivity index (χ2n) is 6.74. The summed E-state index contributed by atoms with van der Waals surface area (Å²) in [6.45, 7) is 0. The molecule has 0 aliphatic heterocycles. The molecule has 0 N–H and O–H groups in total. The summed E-state index contributed by atoms with van der Waals surface area (Å²) in [5.74, 6) is 1.24. The van der Waals surface area contributed by atoms with Gasteiger partial charge in [-0.25, -0.2) is 0 Å². The highest BCUT2D eigenvalue weighted by Crippen LogP contribution is 2.32. The van der Waals surface area contributed by atoms with Crippen LogP contribution in [0, 0.1) is 23.8 Å². The molecule has 0 fully saturated rings. The van der Waals surface area contributed by atoms with Crippen LogP contribution in [0.25, 0.3) is 11.3 Å². The van der Waals surface area contributed by atoms with Crippen molar-refractivity contribution < 1.29 is 19.3 Å². The van der Waals surface area contributed by atoms with E-state index < -0.39 is 9.85 Å². The molecule has 4 rings (SSSR count). The zero-order chi connectivity index (χ0) is 26.0. The molecule has 0 amide bonds. The van der Waals surface area contributed by atoms with Gasteiger partial charge < -0.3 is 9.47 Å². The molecule has 0 aliphatic rings. The number of halogens is 1. The summed E-state index contributed by atoms with van der Waals surface area (Å²) in [5, 5.41) is 28.9. The van der Waals surface area contributed by atoms with Crippen LogP contribution in [-0.4, -0.2) is 43.6 Å². The van der Waals surface area contributed by atoms with E-state index in [0.717, 1.165) is 9.26 Å². The molecule has 184 valence electrons. The van der Waals surface area contributed by atoms with Crippen LogP contribution in [0.15, 0.2) is 67.1 Å². The van der Waals surface area contributed by atoms with Gasteiger partial charge in [0.25, 0.3) is 11.4 Å². The lowest BCUT2D eigenvalue weighted by molar-refractivity contribution is -0.385. The average Bonchev–Trinajstić information content (AvgIpc) is 3.50. The number of non-ortho nitro benzene ring substituents is 2. The zero-order valence-corrected chi connectivity index (χ0v) is 21.5.